The van der Waals surface area contributed by atoms with Gasteiger partial charge in [-0.25, -0.2) is 9.52 Å². The van der Waals surface area contributed by atoms with Crippen molar-refractivity contribution in [2.75, 3.05) is 13.0 Å². The molecule has 0 spiro atoms. The molecule has 1 aliphatic rings. The Balaban J connectivity index is 2.70. The summed E-state index contributed by atoms with van der Waals surface area (Å²) in [5.74, 6) is 0.751. The number of amides is 1. The second kappa shape index (κ2) is 6.08. The molecule has 8 heteroatoms. The van der Waals surface area contributed by atoms with Gasteiger partial charge in [-0.05, 0) is 31.6 Å². The summed E-state index contributed by atoms with van der Waals surface area (Å²) < 4.78 is 32.0. The van der Waals surface area contributed by atoms with Gasteiger partial charge in [0, 0.05) is 11.4 Å². The maximum Gasteiger partial charge on any atom is 0.421 e. The van der Waals surface area contributed by atoms with E-state index in [0.29, 0.717) is 18.8 Å². The summed E-state index contributed by atoms with van der Waals surface area (Å²) in [6.45, 7) is 2.12. The molecule has 0 aromatic rings. The number of halogens is 1. The topological polar surface area (TPSA) is 84.5 Å². The summed E-state index contributed by atoms with van der Waals surface area (Å²) in [4.78, 5) is 10.9. The summed E-state index contributed by atoms with van der Waals surface area (Å²) >= 11 is 5.89. The van der Waals surface area contributed by atoms with Crippen LogP contribution in [-0.2, 0) is 14.9 Å². The van der Waals surface area contributed by atoms with E-state index in [4.69, 9.17) is 11.6 Å². The van der Waals surface area contributed by atoms with Crippen molar-refractivity contribution < 1.29 is 17.9 Å². The number of carbonyl (C=O) groups excluding carboxylic acids is 1. The summed E-state index contributed by atoms with van der Waals surface area (Å²) in [7, 11) is -2.84. The van der Waals surface area contributed by atoms with Crippen LogP contribution in [0.1, 0.15) is 32.6 Å². The predicted octanol–water partition coefficient (Wildman–Crippen LogP) is 1.36. The number of ether oxygens (including phenoxy) is 1. The minimum absolute atomic E-state index is 0.182. The molecule has 106 valence electrons. The molecule has 0 atom stereocenters. The van der Waals surface area contributed by atoms with Gasteiger partial charge < -0.3 is 4.74 Å². The normalized spacial score (nSPS) is 28.7. The van der Waals surface area contributed by atoms with Gasteiger partial charge in [0.2, 0.25) is 0 Å². The molecule has 0 aromatic carbocycles. The van der Waals surface area contributed by atoms with Gasteiger partial charge in [0.1, 0.15) is 0 Å². The SMILES string of the molecule is COC(=O)NS(=O)(=O)NC1(CCl)CCC(C)CC1. The van der Waals surface area contributed by atoms with Gasteiger partial charge in [-0.1, -0.05) is 6.92 Å². The molecule has 0 aromatic heterocycles. The van der Waals surface area contributed by atoms with Gasteiger partial charge in [-0.2, -0.15) is 13.1 Å². The van der Waals surface area contributed by atoms with E-state index in [1.54, 1.807) is 4.72 Å². The number of hydrogen-bond donors (Lipinski definition) is 2. The van der Waals surface area contributed by atoms with Crippen LogP contribution < -0.4 is 9.44 Å². The standard InChI is InChI=1S/C10H19ClN2O4S/c1-8-3-5-10(7-11,6-4-8)13-18(15,16)12-9(14)17-2/h8,13H,3-7H2,1-2H3,(H,12,14). The van der Waals surface area contributed by atoms with Crippen molar-refractivity contribution in [2.24, 2.45) is 5.92 Å². The molecule has 0 saturated heterocycles. The minimum Gasteiger partial charge on any atom is -0.452 e. The van der Waals surface area contributed by atoms with Gasteiger partial charge in [0.25, 0.3) is 0 Å². The van der Waals surface area contributed by atoms with Crippen LogP contribution >= 0.6 is 11.6 Å². The van der Waals surface area contributed by atoms with Crippen LogP contribution in [0, 0.1) is 5.92 Å². The number of alkyl halides is 1. The van der Waals surface area contributed by atoms with Crippen molar-refractivity contribution in [2.45, 2.75) is 38.1 Å². The average Bonchev–Trinajstić information content (AvgIpc) is 2.31. The van der Waals surface area contributed by atoms with Crippen molar-refractivity contribution in [3.8, 4) is 0 Å². The highest BCUT2D eigenvalue weighted by Crippen LogP contribution is 2.33. The van der Waals surface area contributed by atoms with Gasteiger partial charge in [0.15, 0.2) is 0 Å². The quantitative estimate of drug-likeness (QED) is 0.768. The lowest BCUT2D eigenvalue weighted by Gasteiger charge is -2.38. The summed E-state index contributed by atoms with van der Waals surface area (Å²) in [5, 5.41) is 0. The fourth-order valence-corrected chi connectivity index (χ4v) is 3.65. The lowest BCUT2D eigenvalue weighted by Crippen LogP contribution is -2.56. The third-order valence-electron chi connectivity index (χ3n) is 3.24. The van der Waals surface area contributed by atoms with E-state index in [1.807, 2.05) is 0 Å². The summed E-state index contributed by atoms with van der Waals surface area (Å²) in [5.41, 5.74) is -0.673. The Morgan fingerprint density at radius 3 is 2.44 bits per heavy atom. The highest BCUT2D eigenvalue weighted by Gasteiger charge is 2.37. The zero-order valence-corrected chi connectivity index (χ0v) is 12.1. The largest absolute Gasteiger partial charge is 0.452 e. The lowest BCUT2D eigenvalue weighted by molar-refractivity contribution is 0.177. The van der Waals surface area contributed by atoms with Crippen LogP contribution in [0.4, 0.5) is 4.79 Å². The average molecular weight is 299 g/mol. The first-order valence-corrected chi connectivity index (χ1v) is 7.80. The first-order chi connectivity index (χ1) is 8.32. The zero-order valence-electron chi connectivity index (χ0n) is 10.5. The number of rotatable bonds is 4. The Morgan fingerprint density at radius 1 is 1.44 bits per heavy atom. The molecular formula is C10H19ClN2O4S. The van der Waals surface area contributed by atoms with Gasteiger partial charge >= 0.3 is 16.3 Å². The van der Waals surface area contributed by atoms with Crippen molar-refractivity contribution in [1.82, 2.24) is 9.44 Å². The van der Waals surface area contributed by atoms with Gasteiger partial charge in [0.05, 0.1) is 7.11 Å². The summed E-state index contributed by atoms with van der Waals surface area (Å²) in [6, 6.07) is 0. The van der Waals surface area contributed by atoms with Crippen LogP contribution in [-0.4, -0.2) is 33.0 Å². The first-order valence-electron chi connectivity index (χ1n) is 5.78. The highest BCUT2D eigenvalue weighted by molar-refractivity contribution is 7.88. The van der Waals surface area contributed by atoms with Crippen molar-refractivity contribution in [3.63, 3.8) is 0 Å². The molecule has 0 radical (unpaired) electrons. The number of nitrogens with one attached hydrogen (secondary N) is 2. The Labute approximate surface area is 113 Å². The monoisotopic (exact) mass is 298 g/mol. The van der Waals surface area contributed by atoms with E-state index in [9.17, 15) is 13.2 Å². The molecule has 0 aliphatic heterocycles. The van der Waals surface area contributed by atoms with Gasteiger partial charge in [-0.15, -0.1) is 11.6 Å². The van der Waals surface area contributed by atoms with E-state index in [-0.39, 0.29) is 5.88 Å². The van der Waals surface area contributed by atoms with Crippen LogP contribution in [0.5, 0.6) is 0 Å². The van der Waals surface area contributed by atoms with E-state index >= 15 is 0 Å². The molecule has 18 heavy (non-hydrogen) atoms. The van der Waals surface area contributed by atoms with Crippen LogP contribution in [0.3, 0.4) is 0 Å². The summed E-state index contributed by atoms with van der Waals surface area (Å²) in [6.07, 6.45) is 2.14. The molecular weight excluding hydrogens is 280 g/mol. The number of carbonyl (C=O) groups is 1. The maximum atomic E-state index is 11.7. The molecule has 0 unspecified atom stereocenters. The third kappa shape index (κ3) is 4.29. The third-order valence-corrected chi connectivity index (χ3v) is 4.89. The lowest BCUT2D eigenvalue weighted by atomic mass is 9.79. The fourth-order valence-electron chi connectivity index (χ4n) is 2.04. The van der Waals surface area contributed by atoms with Crippen LogP contribution in [0.2, 0.25) is 0 Å². The van der Waals surface area contributed by atoms with Gasteiger partial charge in [-0.3, -0.25) is 0 Å². The second-order valence-corrected chi connectivity index (χ2v) is 6.48. The van der Waals surface area contributed by atoms with E-state index < -0.39 is 21.8 Å². The van der Waals surface area contributed by atoms with E-state index in [1.165, 1.54) is 0 Å². The minimum atomic E-state index is -3.94. The molecule has 1 saturated carbocycles. The molecule has 6 nitrogen and oxygen atoms in total. The Kier molecular flexibility index (Phi) is 5.24. The van der Waals surface area contributed by atoms with E-state index in [0.717, 1.165) is 20.0 Å². The molecule has 0 bridgehead atoms. The van der Waals surface area contributed by atoms with E-state index in [2.05, 4.69) is 16.4 Å². The fraction of sp³-hybridized carbons (Fsp3) is 0.900. The van der Waals surface area contributed by atoms with Crippen molar-refractivity contribution in [3.05, 3.63) is 0 Å². The first kappa shape index (κ1) is 15.5. The molecule has 1 amide bonds. The second-order valence-electron chi connectivity index (χ2n) is 4.80. The smallest absolute Gasteiger partial charge is 0.421 e. The predicted molar refractivity (Wildman–Crippen MR) is 68.7 cm³/mol. The number of hydrogen-bond acceptors (Lipinski definition) is 4. The highest BCUT2D eigenvalue weighted by atomic mass is 35.5. The Morgan fingerprint density at radius 2 is 2.00 bits per heavy atom. The van der Waals surface area contributed by atoms with Crippen LogP contribution in [0.15, 0.2) is 0 Å². The van der Waals surface area contributed by atoms with Crippen molar-refractivity contribution in [1.29, 1.82) is 0 Å². The maximum absolute atomic E-state index is 11.7. The van der Waals surface area contributed by atoms with Crippen molar-refractivity contribution >= 4 is 27.9 Å². The molecule has 0 heterocycles. The van der Waals surface area contributed by atoms with Crippen LogP contribution in [0.25, 0.3) is 0 Å². The molecule has 1 rings (SSSR count). The number of methoxy groups -OCH3 is 1. The molecule has 1 fully saturated rings. The molecule has 2 N–H and O–H groups in total. The molecule has 1 aliphatic carbocycles. The Bertz CT molecular complexity index is 391. The zero-order chi connectivity index (χ0) is 13.8. The Hall–Kier alpha value is -0.530.